The summed E-state index contributed by atoms with van der Waals surface area (Å²) in [5, 5.41) is 3.33. The van der Waals surface area contributed by atoms with Gasteiger partial charge in [0.2, 0.25) is 0 Å². The third kappa shape index (κ3) is 4.31. The minimum atomic E-state index is -0.184. The molecule has 0 radical (unpaired) electrons. The van der Waals surface area contributed by atoms with Crippen LogP contribution in [0.1, 0.15) is 36.8 Å². The van der Waals surface area contributed by atoms with Crippen molar-refractivity contribution in [3.63, 3.8) is 0 Å². The van der Waals surface area contributed by atoms with Crippen molar-refractivity contribution in [3.05, 3.63) is 78.2 Å². The van der Waals surface area contributed by atoms with Gasteiger partial charge in [-0.25, -0.2) is 9.97 Å². The molecule has 0 bridgehead atoms. The van der Waals surface area contributed by atoms with Crippen LogP contribution in [0.4, 0.5) is 17.2 Å². The predicted molar refractivity (Wildman–Crippen MR) is 110 cm³/mol. The highest BCUT2D eigenvalue weighted by Crippen LogP contribution is 2.30. The highest BCUT2D eigenvalue weighted by atomic mass is 16.2. The van der Waals surface area contributed by atoms with Crippen molar-refractivity contribution in [2.45, 2.75) is 26.2 Å². The molecule has 27 heavy (non-hydrogen) atoms. The molecule has 0 unspecified atom stereocenters. The lowest BCUT2D eigenvalue weighted by molar-refractivity contribution is 0.0988. The Morgan fingerprint density at radius 3 is 2.33 bits per heavy atom. The molecule has 2 aromatic carbocycles. The Morgan fingerprint density at radius 1 is 0.963 bits per heavy atom. The maximum absolute atomic E-state index is 12.8. The van der Waals surface area contributed by atoms with E-state index in [2.05, 4.69) is 42.1 Å². The van der Waals surface area contributed by atoms with Gasteiger partial charge in [-0.05, 0) is 29.2 Å². The molecular formula is C22H24N4O. The fraction of sp³-hybridized carbons (Fsp3) is 0.227. The van der Waals surface area contributed by atoms with Crippen molar-refractivity contribution in [1.29, 1.82) is 0 Å². The first-order chi connectivity index (χ1) is 12.9. The van der Waals surface area contributed by atoms with E-state index in [1.807, 2.05) is 48.5 Å². The van der Waals surface area contributed by atoms with E-state index in [1.54, 1.807) is 18.0 Å². The second-order valence-corrected chi connectivity index (χ2v) is 7.41. The number of hydrogen-bond acceptors (Lipinski definition) is 4. The number of amides is 1. The van der Waals surface area contributed by atoms with Crippen molar-refractivity contribution in [3.8, 4) is 0 Å². The number of benzene rings is 2. The van der Waals surface area contributed by atoms with E-state index in [0.717, 1.165) is 11.4 Å². The normalized spacial score (nSPS) is 11.1. The number of nitrogens with one attached hydrogen (secondary N) is 1. The van der Waals surface area contributed by atoms with Gasteiger partial charge in [-0.3, -0.25) is 4.79 Å². The van der Waals surface area contributed by atoms with Crippen LogP contribution in [-0.2, 0) is 5.41 Å². The van der Waals surface area contributed by atoms with Gasteiger partial charge < -0.3 is 10.2 Å². The van der Waals surface area contributed by atoms with Gasteiger partial charge in [0.25, 0.3) is 5.91 Å². The van der Waals surface area contributed by atoms with E-state index >= 15 is 0 Å². The number of carbonyl (C=O) groups is 1. The van der Waals surface area contributed by atoms with Gasteiger partial charge in [0.15, 0.2) is 0 Å². The molecule has 0 saturated carbocycles. The van der Waals surface area contributed by atoms with Gasteiger partial charge in [0.1, 0.15) is 17.8 Å². The summed E-state index contributed by atoms with van der Waals surface area (Å²) in [5.41, 5.74) is 3.29. The second-order valence-electron chi connectivity index (χ2n) is 7.41. The van der Waals surface area contributed by atoms with Crippen molar-refractivity contribution >= 4 is 23.1 Å². The summed E-state index contributed by atoms with van der Waals surface area (Å²) >= 11 is 0. The zero-order chi connectivity index (χ0) is 19.4. The first-order valence-corrected chi connectivity index (χ1v) is 8.88. The van der Waals surface area contributed by atoms with E-state index in [9.17, 15) is 4.79 Å². The fourth-order valence-electron chi connectivity index (χ4n) is 2.87. The average Bonchev–Trinajstić information content (AvgIpc) is 2.67. The summed E-state index contributed by atoms with van der Waals surface area (Å²) in [5.74, 6) is 0.405. The van der Waals surface area contributed by atoms with Crippen LogP contribution in [0.2, 0.25) is 0 Å². The average molecular weight is 360 g/mol. The number of aromatic nitrogens is 2. The second kappa shape index (κ2) is 7.58. The van der Waals surface area contributed by atoms with Crippen LogP contribution in [-0.4, -0.2) is 22.9 Å². The third-order valence-corrected chi connectivity index (χ3v) is 4.33. The molecule has 1 amide bonds. The maximum atomic E-state index is 12.8. The molecule has 3 rings (SSSR count). The minimum Gasteiger partial charge on any atom is -0.340 e. The Bertz CT molecular complexity index is 932. The molecule has 138 valence electrons. The number of para-hydroxylation sites is 2. The monoisotopic (exact) mass is 360 g/mol. The molecule has 0 spiro atoms. The SMILES string of the molecule is CN(C(=O)c1cc(Nc2ccccc2C(C)(C)C)ncn1)c1ccccc1. The van der Waals surface area contributed by atoms with Crippen LogP contribution in [0.15, 0.2) is 67.0 Å². The summed E-state index contributed by atoms with van der Waals surface area (Å²) in [7, 11) is 1.74. The zero-order valence-corrected chi connectivity index (χ0v) is 16.1. The summed E-state index contributed by atoms with van der Waals surface area (Å²) in [4.78, 5) is 22.8. The minimum absolute atomic E-state index is 0.0111. The Balaban J connectivity index is 1.86. The first kappa shape index (κ1) is 18.6. The number of rotatable bonds is 4. The van der Waals surface area contributed by atoms with Crippen molar-refractivity contribution in [1.82, 2.24) is 9.97 Å². The summed E-state index contributed by atoms with van der Waals surface area (Å²) in [6.45, 7) is 6.49. The van der Waals surface area contributed by atoms with Crippen molar-refractivity contribution in [2.75, 3.05) is 17.3 Å². The highest BCUT2D eigenvalue weighted by Gasteiger charge is 2.19. The van der Waals surface area contributed by atoms with Gasteiger partial charge in [-0.15, -0.1) is 0 Å². The molecule has 1 heterocycles. The molecule has 3 aromatic rings. The Hall–Kier alpha value is -3.21. The molecule has 0 saturated heterocycles. The van der Waals surface area contributed by atoms with Crippen LogP contribution in [0.3, 0.4) is 0 Å². The number of carbonyl (C=O) groups excluding carboxylic acids is 1. The molecule has 0 aliphatic heterocycles. The van der Waals surface area contributed by atoms with Gasteiger partial charge in [0, 0.05) is 24.5 Å². The van der Waals surface area contributed by atoms with Crippen molar-refractivity contribution in [2.24, 2.45) is 0 Å². The molecule has 0 aliphatic carbocycles. The quantitative estimate of drug-likeness (QED) is 0.726. The largest absolute Gasteiger partial charge is 0.340 e. The molecule has 5 nitrogen and oxygen atoms in total. The Morgan fingerprint density at radius 2 is 1.63 bits per heavy atom. The molecular weight excluding hydrogens is 336 g/mol. The van der Waals surface area contributed by atoms with E-state index < -0.39 is 0 Å². The van der Waals surface area contributed by atoms with E-state index in [1.165, 1.54) is 11.9 Å². The molecule has 1 aromatic heterocycles. The Labute approximate surface area is 160 Å². The first-order valence-electron chi connectivity index (χ1n) is 8.88. The van der Waals surface area contributed by atoms with E-state index in [4.69, 9.17) is 0 Å². The number of anilines is 3. The lowest BCUT2D eigenvalue weighted by Crippen LogP contribution is -2.27. The van der Waals surface area contributed by atoms with Crippen LogP contribution >= 0.6 is 0 Å². The van der Waals surface area contributed by atoms with Crippen LogP contribution in [0, 0.1) is 0 Å². The number of hydrogen-bond donors (Lipinski definition) is 1. The number of nitrogens with zero attached hydrogens (tertiary/aromatic N) is 3. The van der Waals surface area contributed by atoms with Crippen LogP contribution in [0.25, 0.3) is 0 Å². The zero-order valence-electron chi connectivity index (χ0n) is 16.1. The smallest absolute Gasteiger partial charge is 0.276 e. The molecule has 5 heteroatoms. The van der Waals surface area contributed by atoms with Gasteiger partial charge in [-0.1, -0.05) is 57.2 Å². The standard InChI is InChI=1S/C22H24N4O/c1-22(2,3)17-12-8-9-13-18(17)25-20-14-19(23-15-24-20)21(27)26(4)16-10-6-5-7-11-16/h5-15H,1-4H3,(H,23,24,25). The fourth-order valence-corrected chi connectivity index (χ4v) is 2.87. The molecule has 0 fully saturated rings. The molecule has 1 N–H and O–H groups in total. The van der Waals surface area contributed by atoms with Gasteiger partial charge in [-0.2, -0.15) is 0 Å². The lowest BCUT2D eigenvalue weighted by atomic mass is 9.86. The lowest BCUT2D eigenvalue weighted by Gasteiger charge is -2.23. The molecule has 0 aliphatic rings. The Kier molecular flexibility index (Phi) is 5.21. The summed E-state index contributed by atoms with van der Waals surface area (Å²) in [6.07, 6.45) is 1.41. The van der Waals surface area contributed by atoms with Crippen molar-refractivity contribution < 1.29 is 4.79 Å². The highest BCUT2D eigenvalue weighted by molar-refractivity contribution is 6.04. The third-order valence-electron chi connectivity index (χ3n) is 4.33. The topological polar surface area (TPSA) is 58.1 Å². The van der Waals surface area contributed by atoms with E-state index in [0.29, 0.717) is 11.5 Å². The molecule has 0 atom stereocenters. The van der Waals surface area contributed by atoms with Gasteiger partial charge >= 0.3 is 0 Å². The maximum Gasteiger partial charge on any atom is 0.276 e. The predicted octanol–water partition coefficient (Wildman–Crippen LogP) is 4.79. The van der Waals surface area contributed by atoms with Crippen LogP contribution in [0.5, 0.6) is 0 Å². The van der Waals surface area contributed by atoms with E-state index in [-0.39, 0.29) is 11.3 Å². The summed E-state index contributed by atoms with van der Waals surface area (Å²) < 4.78 is 0. The van der Waals surface area contributed by atoms with Crippen LogP contribution < -0.4 is 10.2 Å². The van der Waals surface area contributed by atoms with Gasteiger partial charge in [0.05, 0.1) is 0 Å². The summed E-state index contributed by atoms with van der Waals surface area (Å²) in [6, 6.07) is 19.3.